The van der Waals surface area contributed by atoms with Gasteiger partial charge < -0.3 is 15.4 Å². The number of hydrogen-bond acceptors (Lipinski definition) is 4. The van der Waals surface area contributed by atoms with Crippen molar-refractivity contribution in [3.63, 3.8) is 0 Å². The van der Waals surface area contributed by atoms with Crippen LogP contribution in [-0.4, -0.2) is 52.6 Å². The highest BCUT2D eigenvalue weighted by atomic mass is 127. The van der Waals surface area contributed by atoms with Crippen molar-refractivity contribution < 1.29 is 13.2 Å². The number of hydrogen-bond donors (Lipinski definition) is 2. The van der Waals surface area contributed by atoms with Crippen LogP contribution in [0.5, 0.6) is 5.75 Å². The lowest BCUT2D eigenvalue weighted by Crippen LogP contribution is -2.39. The molecule has 0 bridgehead atoms. The van der Waals surface area contributed by atoms with Gasteiger partial charge in [-0.05, 0) is 37.3 Å². The Morgan fingerprint density at radius 2 is 1.85 bits per heavy atom. The lowest BCUT2D eigenvalue weighted by molar-refractivity contribution is 0.311. The molecular formula is C19H34IN3O3S. The summed E-state index contributed by atoms with van der Waals surface area (Å²) in [5.41, 5.74) is -0.165. The van der Waals surface area contributed by atoms with Gasteiger partial charge >= 0.3 is 0 Å². The van der Waals surface area contributed by atoms with E-state index in [1.807, 2.05) is 51.1 Å². The maximum Gasteiger partial charge on any atom is 0.191 e. The van der Waals surface area contributed by atoms with Crippen LogP contribution in [0.2, 0.25) is 0 Å². The monoisotopic (exact) mass is 511 g/mol. The van der Waals surface area contributed by atoms with Crippen LogP contribution in [-0.2, 0) is 9.84 Å². The minimum absolute atomic E-state index is 0. The average molecular weight is 511 g/mol. The first-order valence-corrected chi connectivity index (χ1v) is 11.2. The smallest absolute Gasteiger partial charge is 0.191 e. The van der Waals surface area contributed by atoms with Gasteiger partial charge in [0.15, 0.2) is 5.96 Å². The summed E-state index contributed by atoms with van der Waals surface area (Å²) in [5.74, 6) is 1.82. The van der Waals surface area contributed by atoms with Crippen molar-refractivity contribution in [2.24, 2.45) is 10.4 Å². The molecule has 0 aliphatic carbocycles. The van der Waals surface area contributed by atoms with E-state index in [-0.39, 0.29) is 35.1 Å². The van der Waals surface area contributed by atoms with Gasteiger partial charge in [-0.15, -0.1) is 24.0 Å². The van der Waals surface area contributed by atoms with Crippen LogP contribution in [0.3, 0.4) is 0 Å². The molecule has 0 unspecified atom stereocenters. The molecule has 27 heavy (non-hydrogen) atoms. The molecule has 1 aromatic rings. The van der Waals surface area contributed by atoms with E-state index in [2.05, 4.69) is 15.6 Å². The van der Waals surface area contributed by atoms with Gasteiger partial charge in [-0.3, -0.25) is 4.99 Å². The van der Waals surface area contributed by atoms with E-state index in [0.717, 1.165) is 31.2 Å². The molecule has 0 fully saturated rings. The van der Waals surface area contributed by atoms with Gasteiger partial charge in [0.2, 0.25) is 0 Å². The van der Waals surface area contributed by atoms with E-state index in [0.29, 0.717) is 19.6 Å². The highest BCUT2D eigenvalue weighted by molar-refractivity contribution is 14.0. The summed E-state index contributed by atoms with van der Waals surface area (Å²) in [6, 6.07) is 9.75. The molecule has 8 heteroatoms. The van der Waals surface area contributed by atoms with Crippen molar-refractivity contribution in [3.8, 4) is 5.75 Å². The number of halogens is 1. The first kappa shape index (κ1) is 26.0. The summed E-state index contributed by atoms with van der Waals surface area (Å²) < 4.78 is 28.4. The molecule has 0 aliphatic heterocycles. The first-order chi connectivity index (χ1) is 12.2. The number of benzene rings is 1. The number of sulfone groups is 1. The van der Waals surface area contributed by atoms with Crippen LogP contribution in [0.1, 0.15) is 33.6 Å². The van der Waals surface area contributed by atoms with E-state index < -0.39 is 9.84 Å². The molecule has 0 aliphatic rings. The van der Waals surface area contributed by atoms with Gasteiger partial charge in [-0.25, -0.2) is 8.42 Å². The molecule has 0 amide bonds. The Morgan fingerprint density at radius 1 is 1.19 bits per heavy atom. The molecule has 0 spiro atoms. The van der Waals surface area contributed by atoms with Crippen LogP contribution < -0.4 is 15.4 Å². The Kier molecular flexibility index (Phi) is 12.7. The fourth-order valence-corrected chi connectivity index (χ4v) is 3.08. The molecule has 0 atom stereocenters. The fraction of sp³-hybridized carbons (Fsp3) is 0.632. The second kappa shape index (κ2) is 13.2. The Hall–Kier alpha value is -1.03. The quantitative estimate of drug-likeness (QED) is 0.207. The maximum atomic E-state index is 11.4. The largest absolute Gasteiger partial charge is 0.494 e. The number of aliphatic imine (C=N–C) groups is 1. The minimum atomic E-state index is -2.94. The standard InChI is InChI=1S/C19H33N3O3S.HI/c1-5-20-18(22-16-19(2,3)12-15-26(4,23)24)21-13-9-14-25-17-10-7-6-8-11-17;/h6-8,10-11H,5,9,12-16H2,1-4H3,(H2,20,21,22);1H. The second-order valence-electron chi connectivity index (χ2n) is 7.18. The van der Waals surface area contributed by atoms with E-state index in [1.165, 1.54) is 6.26 Å². The summed E-state index contributed by atoms with van der Waals surface area (Å²) in [6.45, 7) is 8.83. The van der Waals surface area contributed by atoms with Gasteiger partial charge in [0, 0.05) is 25.9 Å². The second-order valence-corrected chi connectivity index (χ2v) is 9.44. The van der Waals surface area contributed by atoms with E-state index in [1.54, 1.807) is 0 Å². The number of nitrogens with zero attached hydrogens (tertiary/aromatic N) is 1. The Labute approximate surface area is 181 Å². The topological polar surface area (TPSA) is 79.8 Å². The lowest BCUT2D eigenvalue weighted by atomic mass is 9.90. The normalized spacial score (nSPS) is 12.2. The molecule has 0 saturated carbocycles. The number of nitrogens with one attached hydrogen (secondary N) is 2. The molecule has 1 aromatic carbocycles. The van der Waals surface area contributed by atoms with Crippen LogP contribution in [0.25, 0.3) is 0 Å². The zero-order chi connectivity index (χ0) is 19.5. The van der Waals surface area contributed by atoms with E-state index >= 15 is 0 Å². The summed E-state index contributed by atoms with van der Waals surface area (Å²) in [6.07, 6.45) is 2.73. The Bertz CT molecular complexity index is 649. The van der Waals surface area contributed by atoms with Gasteiger partial charge in [-0.2, -0.15) is 0 Å². The lowest BCUT2D eigenvalue weighted by Gasteiger charge is -2.22. The Balaban J connectivity index is 0.00000676. The minimum Gasteiger partial charge on any atom is -0.494 e. The number of para-hydroxylation sites is 1. The van der Waals surface area contributed by atoms with Crippen molar-refractivity contribution in [3.05, 3.63) is 30.3 Å². The third-order valence-corrected chi connectivity index (χ3v) is 4.73. The molecule has 156 valence electrons. The van der Waals surface area contributed by atoms with Crippen molar-refractivity contribution in [2.75, 3.05) is 38.2 Å². The zero-order valence-electron chi connectivity index (χ0n) is 16.8. The molecule has 0 saturated heterocycles. The van der Waals surface area contributed by atoms with Crippen LogP contribution in [0.4, 0.5) is 0 Å². The van der Waals surface area contributed by atoms with Crippen molar-refractivity contribution in [1.82, 2.24) is 10.6 Å². The molecule has 0 aromatic heterocycles. The highest BCUT2D eigenvalue weighted by Crippen LogP contribution is 2.21. The molecule has 2 N–H and O–H groups in total. The summed E-state index contributed by atoms with van der Waals surface area (Å²) in [7, 11) is -2.94. The summed E-state index contributed by atoms with van der Waals surface area (Å²) >= 11 is 0. The molecule has 1 rings (SSSR count). The van der Waals surface area contributed by atoms with Gasteiger partial charge in [0.25, 0.3) is 0 Å². The van der Waals surface area contributed by atoms with Gasteiger partial charge in [0.1, 0.15) is 15.6 Å². The van der Waals surface area contributed by atoms with Crippen LogP contribution in [0, 0.1) is 5.41 Å². The van der Waals surface area contributed by atoms with Crippen LogP contribution in [0.15, 0.2) is 35.3 Å². The first-order valence-electron chi connectivity index (χ1n) is 9.09. The zero-order valence-corrected chi connectivity index (χ0v) is 20.0. The molecule has 6 nitrogen and oxygen atoms in total. The van der Waals surface area contributed by atoms with Gasteiger partial charge in [0.05, 0.1) is 12.4 Å². The van der Waals surface area contributed by atoms with E-state index in [9.17, 15) is 8.42 Å². The molecule has 0 heterocycles. The predicted octanol–water partition coefficient (Wildman–Crippen LogP) is 3.09. The molecule has 0 radical (unpaired) electrons. The highest BCUT2D eigenvalue weighted by Gasteiger charge is 2.20. The average Bonchev–Trinajstić information content (AvgIpc) is 2.58. The summed E-state index contributed by atoms with van der Waals surface area (Å²) in [5, 5.41) is 6.51. The summed E-state index contributed by atoms with van der Waals surface area (Å²) in [4.78, 5) is 4.60. The number of guanidine groups is 1. The molecular weight excluding hydrogens is 477 g/mol. The van der Waals surface area contributed by atoms with E-state index in [4.69, 9.17) is 4.74 Å². The predicted molar refractivity (Wildman–Crippen MR) is 124 cm³/mol. The maximum absolute atomic E-state index is 11.4. The van der Waals surface area contributed by atoms with Crippen LogP contribution >= 0.6 is 24.0 Å². The van der Waals surface area contributed by atoms with Gasteiger partial charge in [-0.1, -0.05) is 32.0 Å². The SMILES string of the molecule is CCNC(=NCC(C)(C)CCS(C)(=O)=O)NCCCOc1ccccc1.I. The Morgan fingerprint density at radius 3 is 2.44 bits per heavy atom. The van der Waals surface area contributed by atoms with Crippen molar-refractivity contribution in [2.45, 2.75) is 33.6 Å². The van der Waals surface area contributed by atoms with Crippen molar-refractivity contribution >= 4 is 39.8 Å². The number of rotatable bonds is 11. The fourth-order valence-electron chi connectivity index (χ4n) is 2.16. The third-order valence-electron chi connectivity index (χ3n) is 3.78. The van der Waals surface area contributed by atoms with Crippen molar-refractivity contribution in [1.29, 1.82) is 0 Å². The number of ether oxygens (including phenoxy) is 1. The third kappa shape index (κ3) is 13.7.